The van der Waals surface area contributed by atoms with Gasteiger partial charge in [0, 0.05) is 5.56 Å². The molecular formula is C17H14FN3O4S. The number of hydrogen-bond donors (Lipinski definition) is 1. The van der Waals surface area contributed by atoms with E-state index in [0.29, 0.717) is 16.9 Å². The van der Waals surface area contributed by atoms with Crippen LogP contribution in [0.2, 0.25) is 0 Å². The van der Waals surface area contributed by atoms with Crippen LogP contribution in [0.5, 0.6) is 0 Å². The molecule has 0 amide bonds. The fourth-order valence-corrected chi connectivity index (χ4v) is 2.98. The number of halogens is 1. The summed E-state index contributed by atoms with van der Waals surface area (Å²) in [6, 6.07) is 11.2. The highest BCUT2D eigenvalue weighted by Crippen LogP contribution is 2.28. The monoisotopic (exact) mass is 375 g/mol. The Hall–Kier alpha value is -3.04. The maximum atomic E-state index is 13.3. The molecule has 9 heteroatoms. The van der Waals surface area contributed by atoms with E-state index in [1.54, 1.807) is 0 Å². The number of nitrogens with two attached hydrogens (primary N) is 1. The maximum absolute atomic E-state index is 13.3. The molecule has 0 atom stereocenters. The zero-order chi connectivity index (χ0) is 18.9. The molecule has 2 N–H and O–H groups in total. The van der Waals surface area contributed by atoms with Crippen molar-refractivity contribution in [3.8, 4) is 16.9 Å². The summed E-state index contributed by atoms with van der Waals surface area (Å²) in [5.74, 6) is -1.02. The van der Waals surface area contributed by atoms with Crippen LogP contribution < -0.4 is 5.14 Å². The van der Waals surface area contributed by atoms with Gasteiger partial charge >= 0.3 is 5.97 Å². The van der Waals surface area contributed by atoms with E-state index in [1.807, 2.05) is 0 Å². The Bertz CT molecular complexity index is 1060. The highest BCUT2D eigenvalue weighted by atomic mass is 32.2. The lowest BCUT2D eigenvalue weighted by atomic mass is 10.1. The summed E-state index contributed by atoms with van der Waals surface area (Å²) in [5.41, 5.74) is 1.61. The van der Waals surface area contributed by atoms with Crippen LogP contribution in [-0.4, -0.2) is 31.3 Å². The third-order valence-corrected chi connectivity index (χ3v) is 4.63. The van der Waals surface area contributed by atoms with Gasteiger partial charge in [0.2, 0.25) is 10.0 Å². The lowest BCUT2D eigenvalue weighted by Crippen LogP contribution is -2.12. The van der Waals surface area contributed by atoms with Gasteiger partial charge in [0.05, 0.1) is 29.6 Å². The third kappa shape index (κ3) is 3.35. The molecule has 3 aromatic rings. The van der Waals surface area contributed by atoms with E-state index in [4.69, 9.17) is 9.88 Å². The number of ether oxygens (including phenoxy) is 1. The minimum absolute atomic E-state index is 0.0510. The maximum Gasteiger partial charge on any atom is 0.341 e. The van der Waals surface area contributed by atoms with Gasteiger partial charge in [-0.2, -0.15) is 5.10 Å². The predicted octanol–water partition coefficient (Wildman–Crippen LogP) is 2.11. The molecule has 1 aromatic heterocycles. The van der Waals surface area contributed by atoms with Crippen molar-refractivity contribution in [2.45, 2.75) is 4.90 Å². The van der Waals surface area contributed by atoms with Crippen molar-refractivity contribution in [3.63, 3.8) is 0 Å². The first-order valence-corrected chi connectivity index (χ1v) is 8.91. The smallest absolute Gasteiger partial charge is 0.341 e. The van der Waals surface area contributed by atoms with Gasteiger partial charge in [0.25, 0.3) is 0 Å². The fourth-order valence-electron chi connectivity index (χ4n) is 2.47. The summed E-state index contributed by atoms with van der Waals surface area (Å²) < 4.78 is 42.2. The quantitative estimate of drug-likeness (QED) is 0.703. The molecule has 0 bridgehead atoms. The number of nitrogens with zero attached hydrogens (tertiary/aromatic N) is 2. The van der Waals surface area contributed by atoms with E-state index in [-0.39, 0.29) is 10.5 Å². The first kappa shape index (κ1) is 17.8. The van der Waals surface area contributed by atoms with Crippen LogP contribution >= 0.6 is 0 Å². The number of carbonyl (C=O) groups is 1. The summed E-state index contributed by atoms with van der Waals surface area (Å²) in [5, 5.41) is 9.28. The molecule has 26 heavy (non-hydrogen) atoms. The highest BCUT2D eigenvalue weighted by molar-refractivity contribution is 7.89. The minimum Gasteiger partial charge on any atom is -0.465 e. The number of sulfonamides is 1. The van der Waals surface area contributed by atoms with Crippen LogP contribution in [0.1, 0.15) is 10.4 Å². The van der Waals surface area contributed by atoms with E-state index in [2.05, 4.69) is 5.10 Å². The van der Waals surface area contributed by atoms with E-state index in [9.17, 15) is 17.6 Å². The minimum atomic E-state index is -3.83. The number of rotatable bonds is 4. The van der Waals surface area contributed by atoms with Crippen molar-refractivity contribution >= 4 is 16.0 Å². The summed E-state index contributed by atoms with van der Waals surface area (Å²) >= 11 is 0. The van der Waals surface area contributed by atoms with Gasteiger partial charge in [-0.25, -0.2) is 27.4 Å². The Morgan fingerprint density at radius 3 is 2.27 bits per heavy atom. The second kappa shape index (κ2) is 6.70. The van der Waals surface area contributed by atoms with Crippen LogP contribution in [-0.2, 0) is 14.8 Å². The average molecular weight is 375 g/mol. The topological polar surface area (TPSA) is 104 Å². The lowest BCUT2D eigenvalue weighted by Gasteiger charge is -2.10. The molecule has 0 radical (unpaired) electrons. The molecule has 0 fully saturated rings. The number of carbonyl (C=O) groups excluding carboxylic acids is 1. The summed E-state index contributed by atoms with van der Waals surface area (Å²) in [6.45, 7) is 0. The van der Waals surface area contributed by atoms with Crippen molar-refractivity contribution in [2.24, 2.45) is 5.14 Å². The Morgan fingerprint density at radius 1 is 1.12 bits per heavy atom. The molecule has 0 aliphatic rings. The highest BCUT2D eigenvalue weighted by Gasteiger charge is 2.21. The van der Waals surface area contributed by atoms with Crippen LogP contribution in [0.3, 0.4) is 0 Å². The first-order chi connectivity index (χ1) is 12.3. The summed E-state index contributed by atoms with van der Waals surface area (Å²) in [7, 11) is -2.58. The second-order valence-corrected chi connectivity index (χ2v) is 6.92. The Morgan fingerprint density at radius 2 is 1.73 bits per heavy atom. The third-order valence-electron chi connectivity index (χ3n) is 3.70. The van der Waals surface area contributed by atoms with E-state index in [1.165, 1.54) is 66.5 Å². The Kier molecular flexibility index (Phi) is 4.58. The molecule has 7 nitrogen and oxygen atoms in total. The van der Waals surface area contributed by atoms with Gasteiger partial charge in [0.15, 0.2) is 0 Å². The van der Waals surface area contributed by atoms with Gasteiger partial charge in [-0.3, -0.25) is 0 Å². The number of hydrogen-bond acceptors (Lipinski definition) is 5. The molecule has 3 rings (SSSR count). The van der Waals surface area contributed by atoms with Crippen LogP contribution in [0.25, 0.3) is 16.9 Å². The van der Waals surface area contributed by atoms with Gasteiger partial charge in [-0.15, -0.1) is 0 Å². The van der Waals surface area contributed by atoms with Crippen molar-refractivity contribution in [3.05, 3.63) is 66.1 Å². The fraction of sp³-hybridized carbons (Fsp3) is 0.0588. The Labute approximate surface area is 148 Å². The standard InChI is InChI=1S/C17H14FN3O4S/c1-25-17(22)15-10-20-21(16(15)11-2-4-12(18)5-3-11)13-6-8-14(9-7-13)26(19,23)24/h2-10H,1H3,(H2,19,23,24). The Balaban J connectivity index is 2.17. The molecule has 2 aromatic carbocycles. The van der Waals surface area contributed by atoms with E-state index < -0.39 is 21.8 Å². The van der Waals surface area contributed by atoms with E-state index >= 15 is 0 Å². The van der Waals surface area contributed by atoms with Gasteiger partial charge in [-0.05, 0) is 48.5 Å². The first-order valence-electron chi connectivity index (χ1n) is 7.37. The lowest BCUT2D eigenvalue weighted by molar-refractivity contribution is 0.0601. The largest absolute Gasteiger partial charge is 0.465 e. The predicted molar refractivity (Wildman–Crippen MR) is 91.7 cm³/mol. The molecule has 0 aliphatic carbocycles. The SMILES string of the molecule is COC(=O)c1cnn(-c2ccc(S(N)(=O)=O)cc2)c1-c1ccc(F)cc1. The molecule has 0 saturated heterocycles. The van der Waals surface area contributed by atoms with Gasteiger partial charge < -0.3 is 4.74 Å². The van der Waals surface area contributed by atoms with Crippen molar-refractivity contribution in [2.75, 3.05) is 7.11 Å². The zero-order valence-corrected chi connectivity index (χ0v) is 14.4. The molecule has 0 unspecified atom stereocenters. The molecular weight excluding hydrogens is 361 g/mol. The van der Waals surface area contributed by atoms with Gasteiger partial charge in [-0.1, -0.05) is 0 Å². The number of methoxy groups -OCH3 is 1. The molecule has 0 saturated carbocycles. The van der Waals surface area contributed by atoms with Crippen molar-refractivity contribution < 1.29 is 22.3 Å². The number of esters is 1. The molecule has 0 aliphatic heterocycles. The zero-order valence-electron chi connectivity index (χ0n) is 13.6. The molecule has 134 valence electrons. The number of primary sulfonamides is 1. The number of benzene rings is 2. The average Bonchev–Trinajstić information content (AvgIpc) is 3.06. The van der Waals surface area contributed by atoms with E-state index in [0.717, 1.165) is 0 Å². The van der Waals surface area contributed by atoms with Crippen LogP contribution in [0, 0.1) is 5.82 Å². The van der Waals surface area contributed by atoms with Crippen LogP contribution in [0.15, 0.2) is 59.6 Å². The molecule has 1 heterocycles. The summed E-state index contributed by atoms with van der Waals surface area (Å²) in [4.78, 5) is 12.0. The van der Waals surface area contributed by atoms with Gasteiger partial charge in [0.1, 0.15) is 11.4 Å². The molecule has 0 spiro atoms. The number of aromatic nitrogens is 2. The van der Waals surface area contributed by atoms with Crippen molar-refractivity contribution in [1.82, 2.24) is 9.78 Å². The van der Waals surface area contributed by atoms with Crippen LogP contribution in [0.4, 0.5) is 4.39 Å². The second-order valence-electron chi connectivity index (χ2n) is 5.36. The summed E-state index contributed by atoms with van der Waals surface area (Å²) in [6.07, 6.45) is 1.33. The van der Waals surface area contributed by atoms with Crippen molar-refractivity contribution in [1.29, 1.82) is 0 Å². The normalized spacial score (nSPS) is 11.3.